The van der Waals surface area contributed by atoms with Gasteiger partial charge in [0.2, 0.25) is 0 Å². The molecule has 1 heterocycles. The molecule has 0 saturated heterocycles. The molecule has 0 spiro atoms. The largest absolute Gasteiger partial charge is 0.377 e. The Bertz CT molecular complexity index is 499. The highest BCUT2D eigenvalue weighted by atomic mass is 16.5. The Morgan fingerprint density at radius 3 is 2.64 bits per heavy atom. The van der Waals surface area contributed by atoms with E-state index in [4.69, 9.17) is 9.26 Å². The number of aromatic nitrogens is 1. The molecule has 25 heavy (non-hydrogen) atoms. The van der Waals surface area contributed by atoms with Crippen molar-refractivity contribution in [2.24, 2.45) is 4.99 Å². The van der Waals surface area contributed by atoms with Gasteiger partial charge in [-0.2, -0.15) is 0 Å². The van der Waals surface area contributed by atoms with Crippen molar-refractivity contribution in [1.82, 2.24) is 20.7 Å². The Hall–Kier alpha value is -1.60. The maximum absolute atomic E-state index is 5.81. The minimum Gasteiger partial charge on any atom is -0.377 e. The van der Waals surface area contributed by atoms with Crippen molar-refractivity contribution in [2.75, 3.05) is 40.3 Å². The Labute approximate surface area is 152 Å². The lowest BCUT2D eigenvalue weighted by atomic mass is 10.1. The quantitative estimate of drug-likeness (QED) is 0.469. The van der Waals surface area contributed by atoms with Gasteiger partial charge in [-0.15, -0.1) is 0 Å². The summed E-state index contributed by atoms with van der Waals surface area (Å²) in [7, 11) is 4.15. The zero-order valence-corrected chi connectivity index (χ0v) is 16.6. The fourth-order valence-electron chi connectivity index (χ4n) is 2.27. The normalized spacial score (nSPS) is 13.5. The van der Waals surface area contributed by atoms with Gasteiger partial charge < -0.3 is 24.8 Å². The summed E-state index contributed by atoms with van der Waals surface area (Å²) in [4.78, 5) is 6.75. The van der Waals surface area contributed by atoms with Crippen LogP contribution in [0.25, 0.3) is 0 Å². The molecular formula is C18H35N5O2. The molecule has 0 aliphatic heterocycles. The van der Waals surface area contributed by atoms with Crippen LogP contribution in [-0.2, 0) is 11.3 Å². The molecule has 0 amide bonds. The number of rotatable bonds is 11. The minimum absolute atomic E-state index is 0.161. The van der Waals surface area contributed by atoms with Crippen LogP contribution in [-0.4, -0.2) is 62.5 Å². The minimum atomic E-state index is 0.161. The van der Waals surface area contributed by atoms with Crippen LogP contribution >= 0.6 is 0 Å². The van der Waals surface area contributed by atoms with Crippen molar-refractivity contribution in [3.63, 3.8) is 0 Å². The average molecular weight is 354 g/mol. The third kappa shape index (κ3) is 8.88. The summed E-state index contributed by atoms with van der Waals surface area (Å²) in [6.45, 7) is 12.0. The van der Waals surface area contributed by atoms with Crippen LogP contribution in [0.3, 0.4) is 0 Å². The second kappa shape index (κ2) is 11.9. The van der Waals surface area contributed by atoms with Crippen molar-refractivity contribution in [3.8, 4) is 0 Å². The lowest BCUT2D eigenvalue weighted by Gasteiger charge is -2.21. The molecule has 7 nitrogen and oxygen atoms in total. The van der Waals surface area contributed by atoms with Gasteiger partial charge in [-0.1, -0.05) is 19.0 Å². The average Bonchev–Trinajstić information content (AvgIpc) is 3.04. The predicted molar refractivity (Wildman–Crippen MR) is 102 cm³/mol. The molecule has 144 valence electrons. The first-order valence-electron chi connectivity index (χ1n) is 9.20. The first-order valence-corrected chi connectivity index (χ1v) is 9.20. The van der Waals surface area contributed by atoms with E-state index in [9.17, 15) is 0 Å². The summed E-state index contributed by atoms with van der Waals surface area (Å²) in [6.07, 6.45) is 1.14. The Morgan fingerprint density at radius 1 is 1.32 bits per heavy atom. The van der Waals surface area contributed by atoms with Crippen molar-refractivity contribution in [1.29, 1.82) is 0 Å². The van der Waals surface area contributed by atoms with Gasteiger partial charge in [0.05, 0.1) is 11.8 Å². The van der Waals surface area contributed by atoms with Crippen LogP contribution in [0, 0.1) is 0 Å². The maximum Gasteiger partial charge on any atom is 0.191 e. The SMILES string of the molecule is CCNC(=NCc1cc(C(C)C)no1)NCC(CCN(C)C)OCC. The molecule has 1 unspecified atom stereocenters. The molecule has 7 heteroatoms. The van der Waals surface area contributed by atoms with Crippen molar-refractivity contribution >= 4 is 5.96 Å². The second-order valence-corrected chi connectivity index (χ2v) is 6.62. The molecule has 0 aromatic carbocycles. The number of nitrogens with one attached hydrogen (secondary N) is 2. The van der Waals surface area contributed by atoms with Gasteiger partial charge in [0.25, 0.3) is 0 Å². The zero-order valence-electron chi connectivity index (χ0n) is 16.6. The first kappa shape index (κ1) is 21.4. The van der Waals surface area contributed by atoms with E-state index in [1.54, 1.807) is 0 Å². The first-order chi connectivity index (χ1) is 12.0. The van der Waals surface area contributed by atoms with Gasteiger partial charge in [0, 0.05) is 32.3 Å². The molecule has 1 atom stereocenters. The Balaban J connectivity index is 2.57. The molecule has 0 fully saturated rings. The number of hydrogen-bond donors (Lipinski definition) is 2. The van der Waals surface area contributed by atoms with E-state index >= 15 is 0 Å². The van der Waals surface area contributed by atoms with E-state index in [2.05, 4.69) is 60.5 Å². The molecule has 0 aliphatic carbocycles. The summed E-state index contributed by atoms with van der Waals surface area (Å²) >= 11 is 0. The predicted octanol–water partition coefficient (Wildman–Crippen LogP) is 2.21. The standard InChI is InChI=1S/C18H35N5O2/c1-7-19-18(20-12-15(24-8-2)9-10-23(5)6)21-13-16-11-17(14(3)4)22-25-16/h11,14-15H,7-10,12-13H2,1-6H3,(H2,19,20,21). The van der Waals surface area contributed by atoms with Gasteiger partial charge in [-0.05, 0) is 40.3 Å². The fraction of sp³-hybridized carbons (Fsp3) is 0.778. The Kier molecular flexibility index (Phi) is 10.2. The van der Waals surface area contributed by atoms with Gasteiger partial charge in [-0.25, -0.2) is 4.99 Å². The van der Waals surface area contributed by atoms with Crippen LogP contribution < -0.4 is 10.6 Å². The fourth-order valence-corrected chi connectivity index (χ4v) is 2.27. The van der Waals surface area contributed by atoms with E-state index in [0.717, 1.165) is 43.5 Å². The molecule has 0 bridgehead atoms. The van der Waals surface area contributed by atoms with Crippen molar-refractivity contribution in [2.45, 2.75) is 52.7 Å². The molecular weight excluding hydrogens is 318 g/mol. The smallest absolute Gasteiger partial charge is 0.191 e. The lowest BCUT2D eigenvalue weighted by Crippen LogP contribution is -2.42. The number of nitrogens with zero attached hydrogens (tertiary/aromatic N) is 3. The van der Waals surface area contributed by atoms with Crippen LogP contribution in [0.2, 0.25) is 0 Å². The highest BCUT2D eigenvalue weighted by Gasteiger charge is 2.11. The summed E-state index contributed by atoms with van der Waals surface area (Å²) in [5.74, 6) is 1.89. The number of aliphatic imine (C=N–C) groups is 1. The Morgan fingerprint density at radius 2 is 2.08 bits per heavy atom. The maximum atomic E-state index is 5.81. The van der Waals surface area contributed by atoms with Gasteiger partial charge >= 0.3 is 0 Å². The van der Waals surface area contributed by atoms with E-state index in [0.29, 0.717) is 19.1 Å². The van der Waals surface area contributed by atoms with Crippen molar-refractivity contribution < 1.29 is 9.26 Å². The monoisotopic (exact) mass is 353 g/mol. The highest BCUT2D eigenvalue weighted by molar-refractivity contribution is 5.79. The number of guanidine groups is 1. The van der Waals surface area contributed by atoms with Crippen LogP contribution in [0.1, 0.15) is 51.5 Å². The third-order valence-corrected chi connectivity index (χ3v) is 3.70. The summed E-state index contributed by atoms with van der Waals surface area (Å²) < 4.78 is 11.2. The molecule has 1 aromatic heterocycles. The van der Waals surface area contributed by atoms with E-state index in [-0.39, 0.29) is 6.10 Å². The highest BCUT2D eigenvalue weighted by Crippen LogP contribution is 2.14. The van der Waals surface area contributed by atoms with Crippen LogP contribution in [0.15, 0.2) is 15.6 Å². The molecule has 2 N–H and O–H groups in total. The second-order valence-electron chi connectivity index (χ2n) is 6.62. The summed E-state index contributed by atoms with van der Waals surface area (Å²) in [5.41, 5.74) is 0.961. The molecule has 0 radical (unpaired) electrons. The zero-order chi connectivity index (χ0) is 18.7. The van der Waals surface area contributed by atoms with Gasteiger partial charge in [0.1, 0.15) is 6.54 Å². The number of ether oxygens (including phenoxy) is 1. The molecule has 1 aromatic rings. The van der Waals surface area contributed by atoms with E-state index < -0.39 is 0 Å². The molecule has 1 rings (SSSR count). The van der Waals surface area contributed by atoms with Crippen LogP contribution in [0.4, 0.5) is 0 Å². The number of hydrogen-bond acceptors (Lipinski definition) is 5. The summed E-state index contributed by atoms with van der Waals surface area (Å²) in [5, 5.41) is 10.7. The van der Waals surface area contributed by atoms with Gasteiger partial charge in [0.15, 0.2) is 11.7 Å². The van der Waals surface area contributed by atoms with Crippen LogP contribution in [0.5, 0.6) is 0 Å². The summed E-state index contributed by atoms with van der Waals surface area (Å²) in [6, 6.07) is 1.97. The lowest BCUT2D eigenvalue weighted by molar-refractivity contribution is 0.0548. The third-order valence-electron chi connectivity index (χ3n) is 3.70. The van der Waals surface area contributed by atoms with Crippen molar-refractivity contribution in [3.05, 3.63) is 17.5 Å². The molecule has 0 saturated carbocycles. The van der Waals surface area contributed by atoms with Gasteiger partial charge in [-0.3, -0.25) is 0 Å². The van der Waals surface area contributed by atoms with E-state index in [1.165, 1.54) is 0 Å². The topological polar surface area (TPSA) is 74.9 Å². The van der Waals surface area contributed by atoms with E-state index in [1.807, 2.05) is 13.0 Å². The molecule has 0 aliphatic rings.